The summed E-state index contributed by atoms with van der Waals surface area (Å²) in [6.07, 6.45) is 0. The minimum absolute atomic E-state index is 0.0118. The van der Waals surface area contributed by atoms with Gasteiger partial charge in [0.15, 0.2) is 6.61 Å². The number of carbonyl (C=O) groups is 2. The van der Waals surface area contributed by atoms with E-state index in [0.29, 0.717) is 41.8 Å². The second-order valence-corrected chi connectivity index (χ2v) is 8.08. The fraction of sp³-hybridized carbons (Fsp3) is 0.364. The van der Waals surface area contributed by atoms with Crippen molar-refractivity contribution in [1.29, 1.82) is 0 Å². The molecule has 29 heavy (non-hydrogen) atoms. The van der Waals surface area contributed by atoms with Gasteiger partial charge in [0.1, 0.15) is 5.75 Å². The van der Waals surface area contributed by atoms with Crippen molar-refractivity contribution >= 4 is 35.0 Å². The first-order chi connectivity index (χ1) is 13.8. The number of piperazine rings is 1. The van der Waals surface area contributed by atoms with Crippen LogP contribution in [0, 0.1) is 20.8 Å². The number of benzene rings is 2. The molecular formula is C22H24Cl2N2O3. The summed E-state index contributed by atoms with van der Waals surface area (Å²) >= 11 is 12.0. The Hall–Kier alpha value is -2.24. The molecule has 0 aromatic heterocycles. The lowest BCUT2D eigenvalue weighted by Crippen LogP contribution is -2.51. The van der Waals surface area contributed by atoms with Crippen molar-refractivity contribution in [2.24, 2.45) is 0 Å². The molecule has 1 aliphatic heterocycles. The van der Waals surface area contributed by atoms with Crippen LogP contribution in [0.25, 0.3) is 0 Å². The van der Waals surface area contributed by atoms with E-state index >= 15 is 0 Å². The molecule has 3 rings (SSSR count). The van der Waals surface area contributed by atoms with Crippen molar-refractivity contribution in [3.8, 4) is 5.75 Å². The van der Waals surface area contributed by atoms with Crippen LogP contribution in [0.5, 0.6) is 5.75 Å². The zero-order chi connectivity index (χ0) is 21.1. The van der Waals surface area contributed by atoms with E-state index < -0.39 is 0 Å². The van der Waals surface area contributed by atoms with Gasteiger partial charge in [-0.05, 0) is 55.7 Å². The maximum Gasteiger partial charge on any atom is 0.260 e. The van der Waals surface area contributed by atoms with Crippen molar-refractivity contribution in [3.05, 3.63) is 62.6 Å². The monoisotopic (exact) mass is 434 g/mol. The van der Waals surface area contributed by atoms with Gasteiger partial charge in [-0.3, -0.25) is 9.59 Å². The lowest BCUT2D eigenvalue weighted by atomic mass is 10.1. The number of hydrogen-bond acceptors (Lipinski definition) is 3. The van der Waals surface area contributed by atoms with E-state index in [1.165, 1.54) is 0 Å². The van der Waals surface area contributed by atoms with Crippen molar-refractivity contribution in [1.82, 2.24) is 9.80 Å². The van der Waals surface area contributed by atoms with Gasteiger partial charge in [0.25, 0.3) is 11.8 Å². The SMILES string of the molecule is Cc1ccc(C)c(OCC(=O)N2CCN(C(=O)c3ccc(Cl)cc3Cl)CC2)c1C. The van der Waals surface area contributed by atoms with Crippen molar-refractivity contribution < 1.29 is 14.3 Å². The molecule has 2 aromatic rings. The number of ether oxygens (including phenoxy) is 1. The normalized spacial score (nSPS) is 14.1. The Morgan fingerprint density at radius 1 is 0.931 bits per heavy atom. The molecule has 0 aliphatic carbocycles. The smallest absolute Gasteiger partial charge is 0.260 e. The Morgan fingerprint density at radius 3 is 2.21 bits per heavy atom. The third-order valence-electron chi connectivity index (χ3n) is 5.29. The molecule has 0 saturated carbocycles. The highest BCUT2D eigenvalue weighted by atomic mass is 35.5. The number of hydrogen-bond donors (Lipinski definition) is 0. The van der Waals surface area contributed by atoms with Crippen molar-refractivity contribution in [2.75, 3.05) is 32.8 Å². The van der Waals surface area contributed by atoms with Gasteiger partial charge in [0.2, 0.25) is 0 Å². The zero-order valence-corrected chi connectivity index (χ0v) is 18.3. The quantitative estimate of drug-likeness (QED) is 0.721. The Labute approximate surface area is 181 Å². The van der Waals surface area contributed by atoms with Gasteiger partial charge in [-0.1, -0.05) is 35.3 Å². The Morgan fingerprint density at radius 2 is 1.55 bits per heavy atom. The summed E-state index contributed by atoms with van der Waals surface area (Å²) in [6.45, 7) is 7.80. The summed E-state index contributed by atoms with van der Waals surface area (Å²) in [6, 6.07) is 8.87. The molecule has 2 amide bonds. The van der Waals surface area contributed by atoms with E-state index in [2.05, 4.69) is 0 Å². The molecule has 1 aliphatic rings. The van der Waals surface area contributed by atoms with Gasteiger partial charge >= 0.3 is 0 Å². The van der Waals surface area contributed by atoms with Crippen LogP contribution in [-0.2, 0) is 4.79 Å². The third kappa shape index (κ3) is 4.85. The molecule has 1 heterocycles. The molecule has 154 valence electrons. The third-order valence-corrected chi connectivity index (χ3v) is 5.84. The van der Waals surface area contributed by atoms with Gasteiger partial charge in [0.05, 0.1) is 10.6 Å². The fourth-order valence-corrected chi connectivity index (χ4v) is 3.85. The minimum atomic E-state index is -0.152. The molecule has 0 radical (unpaired) electrons. The van der Waals surface area contributed by atoms with Crippen LogP contribution in [0.15, 0.2) is 30.3 Å². The lowest BCUT2D eigenvalue weighted by molar-refractivity contribution is -0.134. The second-order valence-electron chi connectivity index (χ2n) is 7.24. The molecule has 0 N–H and O–H groups in total. The average Bonchev–Trinajstić information content (AvgIpc) is 2.70. The molecule has 0 unspecified atom stereocenters. The zero-order valence-electron chi connectivity index (χ0n) is 16.8. The summed E-state index contributed by atoms with van der Waals surface area (Å²) in [7, 11) is 0. The summed E-state index contributed by atoms with van der Waals surface area (Å²) in [5, 5.41) is 0.819. The van der Waals surface area contributed by atoms with Gasteiger partial charge in [0, 0.05) is 31.2 Å². The molecule has 1 fully saturated rings. The predicted octanol–water partition coefficient (Wildman–Crippen LogP) is 4.28. The van der Waals surface area contributed by atoms with Crippen LogP contribution in [-0.4, -0.2) is 54.4 Å². The van der Waals surface area contributed by atoms with Gasteiger partial charge < -0.3 is 14.5 Å². The standard InChI is InChI=1S/C22H24Cl2N2O3/c1-14-4-5-15(2)21(16(14)3)29-13-20(27)25-8-10-26(11-9-25)22(28)18-7-6-17(23)12-19(18)24/h4-7,12H,8-11,13H2,1-3H3. The van der Waals surface area contributed by atoms with Gasteiger partial charge in [-0.2, -0.15) is 0 Å². The van der Waals surface area contributed by atoms with E-state index in [1.54, 1.807) is 28.0 Å². The number of amides is 2. The summed E-state index contributed by atoms with van der Waals surface area (Å²) in [5.41, 5.74) is 3.61. The number of nitrogens with zero attached hydrogens (tertiary/aromatic N) is 2. The van der Waals surface area contributed by atoms with Crippen molar-refractivity contribution in [3.63, 3.8) is 0 Å². The van der Waals surface area contributed by atoms with E-state index in [1.807, 2.05) is 32.9 Å². The summed E-state index contributed by atoms with van der Waals surface area (Å²) in [4.78, 5) is 28.7. The van der Waals surface area contributed by atoms with E-state index in [-0.39, 0.29) is 18.4 Å². The van der Waals surface area contributed by atoms with Gasteiger partial charge in [-0.25, -0.2) is 0 Å². The maximum atomic E-state index is 12.7. The van der Waals surface area contributed by atoms with Crippen LogP contribution in [0.4, 0.5) is 0 Å². The first kappa shape index (κ1) is 21.5. The Bertz CT molecular complexity index is 938. The highest BCUT2D eigenvalue weighted by Gasteiger charge is 2.26. The summed E-state index contributed by atoms with van der Waals surface area (Å²) < 4.78 is 5.83. The van der Waals surface area contributed by atoms with E-state index in [4.69, 9.17) is 27.9 Å². The number of halogens is 2. The van der Waals surface area contributed by atoms with E-state index in [0.717, 1.165) is 22.4 Å². The number of rotatable bonds is 4. The first-order valence-corrected chi connectivity index (χ1v) is 10.2. The highest BCUT2D eigenvalue weighted by molar-refractivity contribution is 6.36. The van der Waals surface area contributed by atoms with Crippen LogP contribution in [0.3, 0.4) is 0 Å². The van der Waals surface area contributed by atoms with Crippen LogP contribution < -0.4 is 4.74 Å². The lowest BCUT2D eigenvalue weighted by Gasteiger charge is -2.35. The minimum Gasteiger partial charge on any atom is -0.483 e. The van der Waals surface area contributed by atoms with Crippen LogP contribution in [0.1, 0.15) is 27.0 Å². The molecule has 7 heteroatoms. The predicted molar refractivity (Wildman–Crippen MR) is 115 cm³/mol. The molecule has 0 atom stereocenters. The molecule has 1 saturated heterocycles. The highest BCUT2D eigenvalue weighted by Crippen LogP contribution is 2.26. The fourth-order valence-electron chi connectivity index (χ4n) is 3.37. The first-order valence-electron chi connectivity index (χ1n) is 9.49. The maximum absolute atomic E-state index is 12.7. The average molecular weight is 435 g/mol. The largest absolute Gasteiger partial charge is 0.483 e. The molecule has 0 bridgehead atoms. The van der Waals surface area contributed by atoms with Gasteiger partial charge in [-0.15, -0.1) is 0 Å². The number of carbonyl (C=O) groups excluding carboxylic acids is 2. The van der Waals surface area contributed by atoms with Crippen LogP contribution in [0.2, 0.25) is 10.0 Å². The molecule has 2 aromatic carbocycles. The van der Waals surface area contributed by atoms with E-state index in [9.17, 15) is 9.59 Å². The van der Waals surface area contributed by atoms with Crippen LogP contribution >= 0.6 is 23.2 Å². The molecule has 5 nitrogen and oxygen atoms in total. The topological polar surface area (TPSA) is 49.9 Å². The molecule has 0 spiro atoms. The summed E-state index contributed by atoms with van der Waals surface area (Å²) in [5.74, 6) is 0.535. The van der Waals surface area contributed by atoms with Crippen molar-refractivity contribution in [2.45, 2.75) is 20.8 Å². The second kappa shape index (κ2) is 9.06. The number of aryl methyl sites for hydroxylation is 2. The Balaban J connectivity index is 1.56. The molecular weight excluding hydrogens is 411 g/mol. The Kier molecular flexibility index (Phi) is 6.70.